The molecular formula is C14H16ClN3O. The Morgan fingerprint density at radius 3 is 2.89 bits per heavy atom. The normalized spacial score (nSPS) is 18.1. The van der Waals surface area contributed by atoms with Gasteiger partial charge in [-0.2, -0.15) is 0 Å². The van der Waals surface area contributed by atoms with E-state index < -0.39 is 0 Å². The smallest absolute Gasteiger partial charge is 0.137 e. The Morgan fingerprint density at radius 2 is 2.16 bits per heavy atom. The van der Waals surface area contributed by atoms with E-state index in [2.05, 4.69) is 15.1 Å². The number of aromatic amines is 1. The van der Waals surface area contributed by atoms with Crippen molar-refractivity contribution in [3.05, 3.63) is 29.0 Å². The number of rotatable bonds is 2. The van der Waals surface area contributed by atoms with E-state index in [4.69, 9.17) is 11.6 Å². The predicted molar refractivity (Wildman–Crippen MR) is 76.0 cm³/mol. The number of H-pyrrole nitrogens is 1. The number of hydrogen-bond donors (Lipinski definition) is 2. The molecule has 5 heteroatoms. The quantitative estimate of drug-likeness (QED) is 0.495. The summed E-state index contributed by atoms with van der Waals surface area (Å²) in [7, 11) is 0. The molecule has 0 saturated heterocycles. The molecule has 0 radical (unpaired) electrons. The summed E-state index contributed by atoms with van der Waals surface area (Å²) < 4.78 is 0. The first kappa shape index (κ1) is 12.5. The number of aromatic nitrogens is 2. The second kappa shape index (κ2) is 5.21. The van der Waals surface area contributed by atoms with E-state index in [1.54, 1.807) is 6.20 Å². The molecule has 2 heterocycles. The van der Waals surface area contributed by atoms with Crippen LogP contribution in [0.15, 0.2) is 23.6 Å². The van der Waals surface area contributed by atoms with Crippen LogP contribution in [-0.4, -0.2) is 20.9 Å². The van der Waals surface area contributed by atoms with Crippen molar-refractivity contribution in [1.82, 2.24) is 9.97 Å². The fraction of sp³-hybridized carbons (Fsp3) is 0.429. The Morgan fingerprint density at radius 1 is 1.37 bits per heavy atom. The van der Waals surface area contributed by atoms with Crippen LogP contribution in [0.3, 0.4) is 0 Å². The second-order valence-corrected chi connectivity index (χ2v) is 5.45. The molecule has 3 rings (SSSR count). The molecule has 4 nitrogen and oxygen atoms in total. The Kier molecular flexibility index (Phi) is 3.42. The van der Waals surface area contributed by atoms with Crippen LogP contribution in [0.2, 0.25) is 5.02 Å². The predicted octanol–water partition coefficient (Wildman–Crippen LogP) is 3.97. The molecule has 19 heavy (non-hydrogen) atoms. The Bertz CT molecular complexity index is 614. The summed E-state index contributed by atoms with van der Waals surface area (Å²) in [6, 6.07) is 1.93. The third-order valence-electron chi connectivity index (χ3n) is 3.90. The molecular weight excluding hydrogens is 262 g/mol. The fourth-order valence-corrected chi connectivity index (χ4v) is 3.20. The molecule has 0 unspecified atom stereocenters. The molecule has 1 aliphatic rings. The third kappa shape index (κ3) is 2.21. The third-order valence-corrected chi connectivity index (χ3v) is 4.18. The molecule has 1 aliphatic carbocycles. The SMILES string of the molecule is O/N=C(/c1c(Cl)cnc2[nH]ccc12)C1CCCCC1. The van der Waals surface area contributed by atoms with E-state index in [1.165, 1.54) is 19.3 Å². The first-order valence-corrected chi connectivity index (χ1v) is 7.03. The Balaban J connectivity index is 2.10. The van der Waals surface area contributed by atoms with Crippen molar-refractivity contribution in [2.75, 3.05) is 0 Å². The highest BCUT2D eigenvalue weighted by Crippen LogP contribution is 2.32. The molecule has 0 aliphatic heterocycles. The van der Waals surface area contributed by atoms with E-state index in [-0.39, 0.29) is 5.92 Å². The zero-order valence-corrected chi connectivity index (χ0v) is 11.3. The van der Waals surface area contributed by atoms with Gasteiger partial charge in [-0.25, -0.2) is 4.98 Å². The lowest BCUT2D eigenvalue weighted by atomic mass is 9.83. The Labute approximate surface area is 116 Å². The van der Waals surface area contributed by atoms with Gasteiger partial charge in [0.1, 0.15) is 5.65 Å². The summed E-state index contributed by atoms with van der Waals surface area (Å²) in [5, 5.41) is 14.5. The molecule has 0 spiro atoms. The molecule has 100 valence electrons. The molecule has 0 amide bonds. The van der Waals surface area contributed by atoms with E-state index in [1.807, 2.05) is 12.3 Å². The van der Waals surface area contributed by atoms with Crippen molar-refractivity contribution in [2.24, 2.45) is 11.1 Å². The Hall–Kier alpha value is -1.55. The van der Waals surface area contributed by atoms with E-state index >= 15 is 0 Å². The van der Waals surface area contributed by atoms with Gasteiger partial charge in [-0.3, -0.25) is 0 Å². The van der Waals surface area contributed by atoms with Crippen LogP contribution in [0.25, 0.3) is 11.0 Å². The zero-order chi connectivity index (χ0) is 13.2. The van der Waals surface area contributed by atoms with Crippen LogP contribution >= 0.6 is 11.6 Å². The van der Waals surface area contributed by atoms with Gasteiger partial charge in [0.05, 0.1) is 10.7 Å². The lowest BCUT2D eigenvalue weighted by molar-refractivity contribution is 0.310. The summed E-state index contributed by atoms with van der Waals surface area (Å²) >= 11 is 6.28. The van der Waals surface area contributed by atoms with Gasteiger partial charge >= 0.3 is 0 Å². The average Bonchev–Trinajstić information content (AvgIpc) is 2.91. The van der Waals surface area contributed by atoms with Crippen LogP contribution < -0.4 is 0 Å². The molecule has 0 aromatic carbocycles. The first-order chi connectivity index (χ1) is 9.31. The minimum absolute atomic E-state index is 0.289. The molecule has 1 fully saturated rings. The van der Waals surface area contributed by atoms with Crippen molar-refractivity contribution in [3.63, 3.8) is 0 Å². The van der Waals surface area contributed by atoms with Gasteiger partial charge in [0, 0.05) is 29.3 Å². The van der Waals surface area contributed by atoms with Crippen molar-refractivity contribution in [2.45, 2.75) is 32.1 Å². The number of nitrogens with zero attached hydrogens (tertiary/aromatic N) is 2. The molecule has 2 N–H and O–H groups in total. The van der Waals surface area contributed by atoms with Gasteiger partial charge < -0.3 is 10.2 Å². The van der Waals surface area contributed by atoms with E-state index in [9.17, 15) is 5.21 Å². The van der Waals surface area contributed by atoms with Crippen LogP contribution in [0, 0.1) is 5.92 Å². The molecule has 2 aromatic heterocycles. The van der Waals surface area contributed by atoms with Crippen molar-refractivity contribution in [1.29, 1.82) is 0 Å². The van der Waals surface area contributed by atoms with Crippen molar-refractivity contribution < 1.29 is 5.21 Å². The summed E-state index contributed by atoms with van der Waals surface area (Å²) in [5.74, 6) is 0.289. The lowest BCUT2D eigenvalue weighted by Gasteiger charge is -2.23. The number of oxime groups is 1. The molecule has 0 atom stereocenters. The number of pyridine rings is 1. The van der Waals surface area contributed by atoms with Crippen LogP contribution in [0.4, 0.5) is 0 Å². The lowest BCUT2D eigenvalue weighted by Crippen LogP contribution is -2.19. The average molecular weight is 278 g/mol. The maximum atomic E-state index is 9.45. The van der Waals surface area contributed by atoms with Crippen molar-refractivity contribution >= 4 is 28.3 Å². The summed E-state index contributed by atoms with van der Waals surface area (Å²) in [6.45, 7) is 0. The zero-order valence-electron chi connectivity index (χ0n) is 10.6. The maximum Gasteiger partial charge on any atom is 0.137 e. The number of halogens is 1. The van der Waals surface area contributed by atoms with Gasteiger partial charge in [-0.1, -0.05) is 36.0 Å². The fourth-order valence-electron chi connectivity index (χ4n) is 2.96. The summed E-state index contributed by atoms with van der Waals surface area (Å²) in [4.78, 5) is 7.30. The minimum Gasteiger partial charge on any atom is -0.411 e. The van der Waals surface area contributed by atoms with Gasteiger partial charge in [0.15, 0.2) is 0 Å². The largest absolute Gasteiger partial charge is 0.411 e. The monoisotopic (exact) mass is 277 g/mol. The highest BCUT2D eigenvalue weighted by Gasteiger charge is 2.25. The molecule has 0 bridgehead atoms. The minimum atomic E-state index is 0.289. The summed E-state index contributed by atoms with van der Waals surface area (Å²) in [6.07, 6.45) is 9.19. The van der Waals surface area contributed by atoms with E-state index in [0.717, 1.165) is 29.4 Å². The van der Waals surface area contributed by atoms with Crippen LogP contribution in [0.1, 0.15) is 37.7 Å². The van der Waals surface area contributed by atoms with Gasteiger partial charge in [-0.05, 0) is 18.9 Å². The van der Waals surface area contributed by atoms with Gasteiger partial charge in [-0.15, -0.1) is 0 Å². The topological polar surface area (TPSA) is 61.3 Å². The number of hydrogen-bond acceptors (Lipinski definition) is 3. The second-order valence-electron chi connectivity index (χ2n) is 5.04. The standard InChI is InChI=1S/C14H16ClN3O/c15-11-8-17-14-10(6-7-16-14)12(11)13(18-19)9-4-2-1-3-5-9/h6-9,19H,1-5H2,(H,16,17)/b18-13+. The number of nitrogens with one attached hydrogen (secondary N) is 1. The van der Waals surface area contributed by atoms with Gasteiger partial charge in [0.2, 0.25) is 0 Å². The van der Waals surface area contributed by atoms with Gasteiger partial charge in [0.25, 0.3) is 0 Å². The van der Waals surface area contributed by atoms with E-state index in [0.29, 0.717) is 10.7 Å². The summed E-state index contributed by atoms with van der Waals surface area (Å²) in [5.41, 5.74) is 2.30. The number of fused-ring (bicyclic) bond motifs is 1. The van der Waals surface area contributed by atoms with Crippen molar-refractivity contribution in [3.8, 4) is 0 Å². The van der Waals surface area contributed by atoms with Crippen LogP contribution in [0.5, 0.6) is 0 Å². The molecule has 2 aromatic rings. The maximum absolute atomic E-state index is 9.45. The molecule has 1 saturated carbocycles. The highest BCUT2D eigenvalue weighted by atomic mass is 35.5. The van der Waals surface area contributed by atoms with Crippen LogP contribution in [-0.2, 0) is 0 Å². The highest BCUT2D eigenvalue weighted by molar-refractivity contribution is 6.36. The first-order valence-electron chi connectivity index (χ1n) is 6.65.